The van der Waals surface area contributed by atoms with Gasteiger partial charge in [-0.25, -0.2) is 10.0 Å². The van der Waals surface area contributed by atoms with Gasteiger partial charge in [-0.2, -0.15) is 0 Å². The van der Waals surface area contributed by atoms with E-state index >= 15 is 0 Å². The molecule has 6 fully saturated rings. The van der Waals surface area contributed by atoms with E-state index in [-0.39, 0.29) is 0 Å². The predicted octanol–water partition coefficient (Wildman–Crippen LogP) is 3.93. The number of nitrogens with zero attached hydrogens (tertiary/aromatic N) is 2. The second kappa shape index (κ2) is 5.00. The summed E-state index contributed by atoms with van der Waals surface area (Å²) in [5, 5.41) is 6.53. The summed E-state index contributed by atoms with van der Waals surface area (Å²) in [5.74, 6) is 0. The van der Waals surface area contributed by atoms with Gasteiger partial charge >= 0.3 is 0 Å². The monoisotopic (exact) mass is 300 g/mol. The van der Waals surface area contributed by atoms with Gasteiger partial charge in [0.2, 0.25) is 0 Å². The first kappa shape index (κ1) is 13.0. The highest BCUT2D eigenvalue weighted by Gasteiger charge is 2.54. The van der Waals surface area contributed by atoms with Crippen molar-refractivity contribution in [3.8, 4) is 0 Å². The second-order valence-corrected chi connectivity index (χ2v) is 8.54. The summed E-state index contributed by atoms with van der Waals surface area (Å²) in [5.41, 5.74) is 0. The van der Waals surface area contributed by atoms with Crippen LogP contribution in [0, 0.1) is 0 Å². The van der Waals surface area contributed by atoms with Gasteiger partial charge in [0.1, 0.15) is 0 Å². The van der Waals surface area contributed by atoms with E-state index in [2.05, 4.69) is 52.1 Å². The molecule has 2 unspecified atom stereocenters. The van der Waals surface area contributed by atoms with E-state index in [9.17, 15) is 0 Å². The van der Waals surface area contributed by atoms with E-state index in [1.54, 1.807) is 0 Å². The topological polar surface area (TPSA) is 6.48 Å². The van der Waals surface area contributed by atoms with Crippen LogP contribution in [-0.2, 0) is 0 Å². The van der Waals surface area contributed by atoms with Gasteiger partial charge in [0.15, 0.2) is 0 Å². The number of fused-ring (bicyclic) bond motifs is 4. The molecular formula is C18H24N2S. The largest absolute Gasteiger partial charge is 0.235 e. The van der Waals surface area contributed by atoms with Gasteiger partial charge in [0.05, 0.1) is 0 Å². The van der Waals surface area contributed by atoms with Crippen LogP contribution in [0.2, 0.25) is 0 Å². The van der Waals surface area contributed by atoms with Crippen LogP contribution in [0.1, 0.15) is 44.9 Å². The van der Waals surface area contributed by atoms with Crippen molar-refractivity contribution >= 4 is 11.8 Å². The molecule has 4 saturated heterocycles. The molecule has 4 aliphatic heterocycles. The van der Waals surface area contributed by atoms with Gasteiger partial charge < -0.3 is 0 Å². The molecule has 1 aromatic carbocycles. The number of rotatable bonds is 2. The maximum Gasteiger partial charge on any atom is 0.0372 e. The molecule has 0 N–H and O–H groups in total. The third-order valence-corrected chi connectivity index (χ3v) is 7.51. The van der Waals surface area contributed by atoms with Crippen molar-refractivity contribution in [1.82, 2.24) is 10.0 Å². The minimum Gasteiger partial charge on any atom is -0.235 e. The van der Waals surface area contributed by atoms with Crippen LogP contribution in [0.5, 0.6) is 0 Å². The molecule has 7 rings (SSSR count). The normalized spacial score (nSPS) is 47.3. The second-order valence-electron chi connectivity index (χ2n) is 7.23. The lowest BCUT2D eigenvalue weighted by molar-refractivity contribution is -0.245. The SMILES string of the molecule is c1ccc(S[C@H]2C[C@H]3CC[C@@H]2N2C4CCC(CC4)N32)cc1. The van der Waals surface area contributed by atoms with Gasteiger partial charge in [0.25, 0.3) is 0 Å². The van der Waals surface area contributed by atoms with Crippen molar-refractivity contribution in [3.05, 3.63) is 30.3 Å². The zero-order valence-corrected chi connectivity index (χ0v) is 13.3. The zero-order valence-electron chi connectivity index (χ0n) is 12.5. The van der Waals surface area contributed by atoms with Gasteiger partial charge in [0, 0.05) is 34.3 Å². The molecule has 21 heavy (non-hydrogen) atoms. The third kappa shape index (κ3) is 2.01. The van der Waals surface area contributed by atoms with Crippen molar-refractivity contribution in [2.45, 2.75) is 79.3 Å². The fourth-order valence-corrected chi connectivity index (χ4v) is 6.73. The average molecular weight is 300 g/mol. The highest BCUT2D eigenvalue weighted by atomic mass is 32.2. The Hall–Kier alpha value is -0.510. The van der Waals surface area contributed by atoms with Gasteiger partial charge in [-0.1, -0.05) is 18.2 Å². The van der Waals surface area contributed by atoms with Crippen molar-refractivity contribution < 1.29 is 0 Å². The molecule has 1 aromatic rings. The Morgan fingerprint density at radius 3 is 2.19 bits per heavy atom. The number of thioether (sulfide) groups is 1. The van der Waals surface area contributed by atoms with E-state index < -0.39 is 0 Å². The number of hydrazine groups is 1. The molecule has 2 aliphatic carbocycles. The standard InChI is InChI=1S/C18H24N2S/c1-2-4-16(5-3-1)21-18-12-15-10-11-17(18)20-14-8-6-13(7-9-14)19(15)20/h1-5,13-15,17-18H,6-12H2/t13?,14?,15-,17+,18+/m1/s1. The van der Waals surface area contributed by atoms with Crippen LogP contribution in [-0.4, -0.2) is 39.4 Å². The summed E-state index contributed by atoms with van der Waals surface area (Å²) in [4.78, 5) is 1.46. The fourth-order valence-electron chi connectivity index (χ4n) is 5.33. The first-order valence-electron chi connectivity index (χ1n) is 8.68. The van der Waals surface area contributed by atoms with E-state index in [1.165, 1.54) is 49.8 Å². The summed E-state index contributed by atoms with van der Waals surface area (Å²) in [7, 11) is 0. The van der Waals surface area contributed by atoms with Crippen molar-refractivity contribution in [3.63, 3.8) is 0 Å². The van der Waals surface area contributed by atoms with Crippen molar-refractivity contribution in [1.29, 1.82) is 0 Å². The summed E-state index contributed by atoms with van der Waals surface area (Å²) >= 11 is 2.14. The molecule has 5 atom stereocenters. The Morgan fingerprint density at radius 2 is 1.43 bits per heavy atom. The molecule has 112 valence electrons. The van der Waals surface area contributed by atoms with Crippen LogP contribution in [0.3, 0.4) is 0 Å². The lowest BCUT2D eigenvalue weighted by Crippen LogP contribution is -2.74. The molecule has 0 radical (unpaired) electrons. The summed E-state index contributed by atoms with van der Waals surface area (Å²) in [6, 6.07) is 14.4. The van der Waals surface area contributed by atoms with E-state index in [0.29, 0.717) is 0 Å². The maximum atomic E-state index is 2.87. The van der Waals surface area contributed by atoms with Crippen LogP contribution in [0.4, 0.5) is 0 Å². The Balaban J connectivity index is 1.42. The number of hydrogen-bond donors (Lipinski definition) is 0. The molecule has 4 heterocycles. The number of hydrogen-bond acceptors (Lipinski definition) is 3. The fraction of sp³-hybridized carbons (Fsp3) is 0.667. The quantitative estimate of drug-likeness (QED) is 0.817. The maximum absolute atomic E-state index is 2.87. The predicted molar refractivity (Wildman–Crippen MR) is 87.2 cm³/mol. The van der Waals surface area contributed by atoms with Gasteiger partial charge in [-0.15, -0.1) is 11.8 Å². The summed E-state index contributed by atoms with van der Waals surface area (Å²) in [6.45, 7) is 0. The van der Waals surface area contributed by atoms with Crippen LogP contribution in [0.25, 0.3) is 0 Å². The molecular weight excluding hydrogens is 276 g/mol. The lowest BCUT2D eigenvalue weighted by atomic mass is 9.77. The Morgan fingerprint density at radius 1 is 0.762 bits per heavy atom. The zero-order chi connectivity index (χ0) is 13.8. The molecule has 3 heteroatoms. The highest BCUT2D eigenvalue weighted by Crippen LogP contribution is 2.50. The molecule has 6 aliphatic rings. The first-order chi connectivity index (χ1) is 10.4. The van der Waals surface area contributed by atoms with Gasteiger partial charge in [-0.3, -0.25) is 0 Å². The molecule has 4 bridgehead atoms. The minimum absolute atomic E-state index is 0.799. The molecule has 0 amide bonds. The van der Waals surface area contributed by atoms with E-state index in [1.807, 2.05) is 0 Å². The van der Waals surface area contributed by atoms with Crippen molar-refractivity contribution in [2.24, 2.45) is 0 Å². The molecule has 0 spiro atoms. The van der Waals surface area contributed by atoms with Crippen LogP contribution >= 0.6 is 11.8 Å². The first-order valence-corrected chi connectivity index (χ1v) is 9.56. The van der Waals surface area contributed by atoms with E-state index in [4.69, 9.17) is 0 Å². The van der Waals surface area contributed by atoms with Crippen LogP contribution in [0.15, 0.2) is 35.2 Å². The minimum atomic E-state index is 0.799. The summed E-state index contributed by atoms with van der Waals surface area (Å²) < 4.78 is 0. The highest BCUT2D eigenvalue weighted by molar-refractivity contribution is 8.00. The summed E-state index contributed by atoms with van der Waals surface area (Å²) in [6.07, 6.45) is 10.1. The number of benzene rings is 1. The van der Waals surface area contributed by atoms with Gasteiger partial charge in [-0.05, 0) is 57.1 Å². The third-order valence-electron chi connectivity index (χ3n) is 6.15. The van der Waals surface area contributed by atoms with Crippen LogP contribution < -0.4 is 0 Å². The Bertz CT molecular complexity index is 511. The average Bonchev–Trinajstić information content (AvgIpc) is 2.57. The van der Waals surface area contributed by atoms with E-state index in [0.717, 1.165) is 29.4 Å². The Kier molecular flexibility index (Phi) is 3.09. The molecule has 2 nitrogen and oxygen atoms in total. The molecule has 2 saturated carbocycles. The lowest BCUT2D eigenvalue weighted by Gasteiger charge is -2.66. The molecule has 0 aromatic heterocycles. The smallest absolute Gasteiger partial charge is 0.0372 e. The Labute approximate surface area is 131 Å². The van der Waals surface area contributed by atoms with Crippen molar-refractivity contribution in [2.75, 3.05) is 0 Å².